The maximum Gasteiger partial charge on any atom is 0.232 e. The predicted octanol–water partition coefficient (Wildman–Crippen LogP) is 3.82. The van der Waals surface area contributed by atoms with Crippen LogP contribution in [0.4, 0.5) is 5.69 Å². The van der Waals surface area contributed by atoms with Gasteiger partial charge in [0.15, 0.2) is 5.78 Å². The molecule has 0 unspecified atom stereocenters. The summed E-state index contributed by atoms with van der Waals surface area (Å²) < 4.78 is 5.19. The normalized spacial score (nSPS) is 21.0. The highest BCUT2D eigenvalue weighted by atomic mass is 35.5. The number of rotatable bonds is 4. The van der Waals surface area contributed by atoms with Crippen LogP contribution >= 0.6 is 11.6 Å². The monoisotopic (exact) mass is 424 g/mol. The van der Waals surface area contributed by atoms with Gasteiger partial charge in [0, 0.05) is 34.8 Å². The Kier molecular flexibility index (Phi) is 5.59. The molecule has 0 spiro atoms. The Morgan fingerprint density at radius 2 is 1.87 bits per heavy atom. The van der Waals surface area contributed by atoms with Crippen molar-refractivity contribution in [2.75, 3.05) is 12.4 Å². The second-order valence-corrected chi connectivity index (χ2v) is 7.93. The average molecular weight is 425 g/mol. The van der Waals surface area contributed by atoms with E-state index in [4.69, 9.17) is 16.3 Å². The highest BCUT2D eigenvalue weighted by Crippen LogP contribution is 2.39. The number of anilines is 1. The van der Waals surface area contributed by atoms with Crippen LogP contribution < -0.4 is 15.4 Å². The summed E-state index contributed by atoms with van der Waals surface area (Å²) in [6.07, 6.45) is 0.742. The third-order valence-corrected chi connectivity index (χ3v) is 5.77. The van der Waals surface area contributed by atoms with Crippen LogP contribution in [-0.4, -0.2) is 24.7 Å². The fourth-order valence-corrected chi connectivity index (χ4v) is 4.28. The third-order valence-electron chi connectivity index (χ3n) is 5.53. The van der Waals surface area contributed by atoms with Crippen molar-refractivity contribution >= 4 is 34.9 Å². The van der Waals surface area contributed by atoms with E-state index >= 15 is 0 Å². The standard InChI is InChI=1S/C23H21ClN2O4/c1-30-17-7-5-13(6-8-17)14-9-19-22(20(27)10-14)18(12-21(28)26-19)23(29)25-16-4-2-3-15(24)11-16/h2-8,11,14,18H,9-10,12H2,1H3,(H,25,29)(H,26,28)/t14-,18-/m1/s1. The summed E-state index contributed by atoms with van der Waals surface area (Å²) in [5, 5.41) is 6.09. The van der Waals surface area contributed by atoms with Gasteiger partial charge in [-0.3, -0.25) is 14.4 Å². The first-order valence-electron chi connectivity index (χ1n) is 9.71. The lowest BCUT2D eigenvalue weighted by molar-refractivity contribution is -0.129. The van der Waals surface area contributed by atoms with Gasteiger partial charge in [-0.25, -0.2) is 0 Å². The minimum absolute atomic E-state index is 0.0514. The van der Waals surface area contributed by atoms with Crippen molar-refractivity contribution in [3.8, 4) is 5.75 Å². The largest absolute Gasteiger partial charge is 0.497 e. The van der Waals surface area contributed by atoms with Crippen LogP contribution in [0.15, 0.2) is 59.8 Å². The number of halogens is 1. The molecule has 0 saturated carbocycles. The lowest BCUT2D eigenvalue weighted by atomic mass is 9.75. The van der Waals surface area contributed by atoms with Crippen molar-refractivity contribution in [2.24, 2.45) is 5.92 Å². The first kappa shape index (κ1) is 20.2. The Hall–Kier alpha value is -3.12. The van der Waals surface area contributed by atoms with E-state index in [0.717, 1.165) is 11.3 Å². The number of nitrogens with one attached hydrogen (secondary N) is 2. The van der Waals surface area contributed by atoms with E-state index in [2.05, 4.69) is 10.6 Å². The number of ether oxygens (including phenoxy) is 1. The molecule has 1 heterocycles. The summed E-state index contributed by atoms with van der Waals surface area (Å²) in [6, 6.07) is 14.3. The summed E-state index contributed by atoms with van der Waals surface area (Å²) in [6.45, 7) is 0. The third kappa shape index (κ3) is 4.09. The van der Waals surface area contributed by atoms with Gasteiger partial charge in [0.25, 0.3) is 0 Å². The van der Waals surface area contributed by atoms with Crippen LogP contribution in [0, 0.1) is 5.92 Å². The molecule has 7 heteroatoms. The Labute approximate surface area is 179 Å². The molecule has 2 N–H and O–H groups in total. The Balaban J connectivity index is 1.59. The maximum absolute atomic E-state index is 13.0. The van der Waals surface area contributed by atoms with Crippen LogP contribution in [0.3, 0.4) is 0 Å². The molecule has 0 fully saturated rings. The molecule has 0 radical (unpaired) electrons. The minimum Gasteiger partial charge on any atom is -0.497 e. The number of methoxy groups -OCH3 is 1. The predicted molar refractivity (Wildman–Crippen MR) is 113 cm³/mol. The second kappa shape index (κ2) is 8.32. The molecule has 2 aliphatic rings. The number of benzene rings is 2. The van der Waals surface area contributed by atoms with Gasteiger partial charge in [0.05, 0.1) is 13.0 Å². The summed E-state index contributed by atoms with van der Waals surface area (Å²) in [5.74, 6) is -0.874. The fraction of sp³-hybridized carbons (Fsp3) is 0.261. The van der Waals surface area contributed by atoms with Gasteiger partial charge < -0.3 is 15.4 Å². The zero-order chi connectivity index (χ0) is 21.3. The van der Waals surface area contributed by atoms with Crippen molar-refractivity contribution in [2.45, 2.75) is 25.2 Å². The summed E-state index contributed by atoms with van der Waals surface area (Å²) in [4.78, 5) is 38.2. The maximum atomic E-state index is 13.0. The molecule has 6 nitrogen and oxygen atoms in total. The van der Waals surface area contributed by atoms with Gasteiger partial charge in [-0.15, -0.1) is 0 Å². The zero-order valence-electron chi connectivity index (χ0n) is 16.4. The lowest BCUT2D eigenvalue weighted by Gasteiger charge is -2.33. The molecule has 30 heavy (non-hydrogen) atoms. The first-order valence-corrected chi connectivity index (χ1v) is 10.1. The number of allylic oxidation sites excluding steroid dienone is 1. The van der Waals surface area contributed by atoms with Crippen LogP contribution in [0.2, 0.25) is 5.02 Å². The van der Waals surface area contributed by atoms with Crippen molar-refractivity contribution < 1.29 is 19.1 Å². The van der Waals surface area contributed by atoms with Gasteiger partial charge in [-0.1, -0.05) is 29.8 Å². The fourth-order valence-electron chi connectivity index (χ4n) is 4.09. The van der Waals surface area contributed by atoms with E-state index in [1.807, 2.05) is 24.3 Å². The van der Waals surface area contributed by atoms with E-state index in [9.17, 15) is 14.4 Å². The molecule has 4 rings (SSSR count). The van der Waals surface area contributed by atoms with E-state index in [1.54, 1.807) is 31.4 Å². The van der Waals surface area contributed by atoms with Crippen molar-refractivity contribution in [3.63, 3.8) is 0 Å². The molecule has 2 aromatic carbocycles. The lowest BCUT2D eigenvalue weighted by Crippen LogP contribution is -2.43. The first-order chi connectivity index (χ1) is 14.4. The van der Waals surface area contributed by atoms with Gasteiger partial charge in [-0.2, -0.15) is 0 Å². The van der Waals surface area contributed by atoms with Gasteiger partial charge in [0.2, 0.25) is 11.8 Å². The molecule has 154 valence electrons. The summed E-state index contributed by atoms with van der Waals surface area (Å²) in [5.41, 5.74) is 2.49. The molecule has 2 amide bonds. The molecule has 2 aromatic rings. The van der Waals surface area contributed by atoms with Crippen LogP contribution in [0.25, 0.3) is 0 Å². The highest BCUT2D eigenvalue weighted by Gasteiger charge is 2.40. The van der Waals surface area contributed by atoms with E-state index in [0.29, 0.717) is 34.8 Å². The highest BCUT2D eigenvalue weighted by molar-refractivity contribution is 6.30. The van der Waals surface area contributed by atoms with Gasteiger partial charge in [-0.05, 0) is 48.2 Å². The average Bonchev–Trinajstić information content (AvgIpc) is 2.72. The Morgan fingerprint density at radius 3 is 2.57 bits per heavy atom. The topological polar surface area (TPSA) is 84.5 Å². The molecule has 1 aliphatic carbocycles. The molecule has 0 saturated heterocycles. The number of carbonyl (C=O) groups is 3. The number of hydrogen-bond acceptors (Lipinski definition) is 4. The number of ketones is 1. The van der Waals surface area contributed by atoms with Crippen molar-refractivity contribution in [3.05, 3.63) is 70.4 Å². The molecular formula is C23H21ClN2O4. The SMILES string of the molecule is COc1ccc([C@H]2CC(=O)C3=C(C2)NC(=O)C[C@H]3C(=O)Nc2cccc(Cl)c2)cc1. The van der Waals surface area contributed by atoms with E-state index in [1.165, 1.54) is 0 Å². The minimum atomic E-state index is -0.808. The summed E-state index contributed by atoms with van der Waals surface area (Å²) in [7, 11) is 1.60. The molecule has 2 atom stereocenters. The van der Waals surface area contributed by atoms with Crippen LogP contribution in [0.5, 0.6) is 5.75 Å². The molecule has 0 bridgehead atoms. The molecular weight excluding hydrogens is 404 g/mol. The van der Waals surface area contributed by atoms with E-state index < -0.39 is 5.92 Å². The van der Waals surface area contributed by atoms with Crippen molar-refractivity contribution in [1.29, 1.82) is 0 Å². The Morgan fingerprint density at radius 1 is 1.10 bits per heavy atom. The van der Waals surface area contributed by atoms with Gasteiger partial charge >= 0.3 is 0 Å². The number of hydrogen-bond donors (Lipinski definition) is 2. The number of amides is 2. The quantitative estimate of drug-likeness (QED) is 0.781. The molecule has 1 aliphatic heterocycles. The van der Waals surface area contributed by atoms with Crippen LogP contribution in [-0.2, 0) is 14.4 Å². The smallest absolute Gasteiger partial charge is 0.232 e. The number of Topliss-reactive ketones (excluding diaryl/α,β-unsaturated/α-hetero) is 1. The van der Waals surface area contributed by atoms with Crippen LogP contribution in [0.1, 0.15) is 30.7 Å². The Bertz CT molecular complexity index is 1050. The molecule has 0 aromatic heterocycles. The summed E-state index contributed by atoms with van der Waals surface area (Å²) >= 11 is 5.98. The van der Waals surface area contributed by atoms with Gasteiger partial charge in [0.1, 0.15) is 5.75 Å². The second-order valence-electron chi connectivity index (χ2n) is 7.50. The van der Waals surface area contributed by atoms with E-state index in [-0.39, 0.29) is 29.9 Å². The van der Waals surface area contributed by atoms with Crippen molar-refractivity contribution in [1.82, 2.24) is 5.32 Å². The number of carbonyl (C=O) groups excluding carboxylic acids is 3. The zero-order valence-corrected chi connectivity index (χ0v) is 17.2.